The molecule has 1 unspecified atom stereocenters. The van der Waals surface area contributed by atoms with Gasteiger partial charge in [0.15, 0.2) is 5.82 Å². The van der Waals surface area contributed by atoms with Crippen molar-refractivity contribution in [3.63, 3.8) is 0 Å². The fraction of sp³-hybridized carbons (Fsp3) is 0.500. The van der Waals surface area contributed by atoms with Gasteiger partial charge in [-0.3, -0.25) is 0 Å². The summed E-state index contributed by atoms with van der Waals surface area (Å²) in [6.07, 6.45) is 1.70. The molecule has 1 heterocycles. The van der Waals surface area contributed by atoms with Crippen LogP contribution in [0.1, 0.15) is 12.5 Å². The van der Waals surface area contributed by atoms with E-state index in [9.17, 15) is 0 Å². The van der Waals surface area contributed by atoms with E-state index >= 15 is 0 Å². The normalized spacial score (nSPS) is 13.6. The van der Waals surface area contributed by atoms with Crippen LogP contribution < -0.4 is 10.6 Å². The van der Waals surface area contributed by atoms with Crippen LogP contribution in [0.2, 0.25) is 0 Å². The fourth-order valence-electron chi connectivity index (χ4n) is 1.33. The Hall–Kier alpha value is -1.85. The molecule has 0 spiro atoms. The second kappa shape index (κ2) is 5.29. The van der Waals surface area contributed by atoms with Crippen molar-refractivity contribution in [1.82, 2.24) is 10.2 Å². The van der Waals surface area contributed by atoms with E-state index in [1.807, 2.05) is 31.9 Å². The highest BCUT2D eigenvalue weighted by Gasteiger charge is 2.12. The largest absolute Gasteiger partial charge is 0.409 e. The lowest BCUT2D eigenvalue weighted by Gasteiger charge is -2.21. The summed E-state index contributed by atoms with van der Waals surface area (Å²) in [6.45, 7) is 4.46. The monoisotopic (exact) mass is 223 g/mol. The minimum Gasteiger partial charge on any atom is -0.409 e. The summed E-state index contributed by atoms with van der Waals surface area (Å²) < 4.78 is 0. The second-order valence-electron chi connectivity index (χ2n) is 3.90. The van der Waals surface area contributed by atoms with Crippen molar-refractivity contribution < 1.29 is 5.21 Å². The molecule has 1 aromatic rings. The number of nitrogens with zero attached hydrogens (tertiary/aromatic N) is 4. The van der Waals surface area contributed by atoms with E-state index in [1.165, 1.54) is 0 Å². The lowest BCUT2D eigenvalue weighted by atomic mass is 10.1. The molecule has 1 aromatic heterocycles. The van der Waals surface area contributed by atoms with Crippen LogP contribution in [0.5, 0.6) is 0 Å². The van der Waals surface area contributed by atoms with Crippen LogP contribution in [0.15, 0.2) is 17.4 Å². The van der Waals surface area contributed by atoms with Gasteiger partial charge in [0, 0.05) is 19.5 Å². The molecule has 0 radical (unpaired) electrons. The molecule has 1 atom stereocenters. The second-order valence-corrected chi connectivity index (χ2v) is 3.90. The molecule has 16 heavy (non-hydrogen) atoms. The minimum absolute atomic E-state index is 0.0442. The van der Waals surface area contributed by atoms with Gasteiger partial charge in [-0.2, -0.15) is 5.10 Å². The van der Waals surface area contributed by atoms with E-state index in [1.54, 1.807) is 6.20 Å². The summed E-state index contributed by atoms with van der Waals surface area (Å²) in [4.78, 5) is 1.92. The molecule has 6 heteroatoms. The van der Waals surface area contributed by atoms with Crippen molar-refractivity contribution in [1.29, 1.82) is 0 Å². The Morgan fingerprint density at radius 3 is 2.94 bits per heavy atom. The molecule has 0 amide bonds. The first kappa shape index (κ1) is 12.2. The summed E-state index contributed by atoms with van der Waals surface area (Å²) in [7, 11) is 1.89. The van der Waals surface area contributed by atoms with Crippen LogP contribution in [0.3, 0.4) is 0 Å². The molecule has 0 aliphatic carbocycles. The lowest BCUT2D eigenvalue weighted by Crippen LogP contribution is -2.33. The number of hydrogen-bond acceptors (Lipinski definition) is 5. The number of rotatable bonds is 4. The van der Waals surface area contributed by atoms with Gasteiger partial charge in [0.2, 0.25) is 0 Å². The first-order valence-corrected chi connectivity index (χ1v) is 5.02. The molecule has 0 bridgehead atoms. The minimum atomic E-state index is -0.0442. The van der Waals surface area contributed by atoms with E-state index in [2.05, 4.69) is 15.4 Å². The predicted molar refractivity (Wildman–Crippen MR) is 62.6 cm³/mol. The zero-order valence-electron chi connectivity index (χ0n) is 9.75. The van der Waals surface area contributed by atoms with Crippen LogP contribution in [0.25, 0.3) is 0 Å². The Kier molecular flexibility index (Phi) is 4.04. The van der Waals surface area contributed by atoms with Crippen LogP contribution in [0.4, 0.5) is 5.82 Å². The van der Waals surface area contributed by atoms with Gasteiger partial charge in [-0.25, -0.2) is 0 Å². The van der Waals surface area contributed by atoms with Crippen molar-refractivity contribution >= 4 is 11.7 Å². The summed E-state index contributed by atoms with van der Waals surface area (Å²) in [5, 5.41) is 19.4. The van der Waals surface area contributed by atoms with Crippen molar-refractivity contribution in [2.45, 2.75) is 13.8 Å². The number of nitrogens with two attached hydrogens (primary N) is 1. The average Bonchev–Trinajstić information content (AvgIpc) is 2.27. The molecule has 0 fully saturated rings. The van der Waals surface area contributed by atoms with Gasteiger partial charge in [0.05, 0.1) is 6.20 Å². The summed E-state index contributed by atoms with van der Waals surface area (Å²) in [6, 6.07) is 1.94. The molecule has 0 aliphatic heterocycles. The molecule has 0 saturated carbocycles. The number of anilines is 1. The third-order valence-corrected chi connectivity index (χ3v) is 2.34. The van der Waals surface area contributed by atoms with E-state index < -0.39 is 0 Å². The SMILES string of the molecule is Cc1cnnc(N(C)CC(C)/C(N)=N/O)c1. The summed E-state index contributed by atoms with van der Waals surface area (Å²) in [5.74, 6) is 0.947. The highest BCUT2D eigenvalue weighted by molar-refractivity contribution is 5.82. The first-order valence-electron chi connectivity index (χ1n) is 5.02. The standard InChI is InChI=1S/C10H17N5O/c1-7-4-9(13-12-5-7)15(3)6-8(2)10(11)14-16/h4-5,8,16H,6H2,1-3H3,(H2,11,14). The Balaban J connectivity index is 2.69. The predicted octanol–water partition coefficient (Wildman–Crippen LogP) is 0.604. The highest BCUT2D eigenvalue weighted by atomic mass is 16.4. The lowest BCUT2D eigenvalue weighted by molar-refractivity contribution is 0.314. The van der Waals surface area contributed by atoms with E-state index in [4.69, 9.17) is 10.9 Å². The topological polar surface area (TPSA) is 87.6 Å². The van der Waals surface area contributed by atoms with Crippen LogP contribution in [0, 0.1) is 12.8 Å². The molecular weight excluding hydrogens is 206 g/mol. The Morgan fingerprint density at radius 2 is 2.38 bits per heavy atom. The zero-order chi connectivity index (χ0) is 12.1. The van der Waals surface area contributed by atoms with Gasteiger partial charge in [-0.15, -0.1) is 5.10 Å². The summed E-state index contributed by atoms with van der Waals surface area (Å²) in [5.41, 5.74) is 6.56. The van der Waals surface area contributed by atoms with Crippen LogP contribution in [-0.2, 0) is 0 Å². The van der Waals surface area contributed by atoms with Crippen molar-refractivity contribution in [2.24, 2.45) is 16.8 Å². The highest BCUT2D eigenvalue weighted by Crippen LogP contribution is 2.10. The van der Waals surface area contributed by atoms with Crippen LogP contribution >= 0.6 is 0 Å². The summed E-state index contributed by atoms with van der Waals surface area (Å²) >= 11 is 0. The van der Waals surface area contributed by atoms with Gasteiger partial charge in [-0.1, -0.05) is 12.1 Å². The molecule has 0 saturated heterocycles. The third-order valence-electron chi connectivity index (χ3n) is 2.34. The van der Waals surface area contributed by atoms with Crippen molar-refractivity contribution in [2.75, 3.05) is 18.5 Å². The number of amidine groups is 1. The molecular formula is C10H17N5O. The average molecular weight is 223 g/mol. The van der Waals surface area contributed by atoms with E-state index in [0.29, 0.717) is 6.54 Å². The number of aromatic nitrogens is 2. The zero-order valence-corrected chi connectivity index (χ0v) is 9.75. The Morgan fingerprint density at radius 1 is 1.69 bits per heavy atom. The molecule has 0 aromatic carbocycles. The van der Waals surface area contributed by atoms with Gasteiger partial charge in [0.1, 0.15) is 5.84 Å². The van der Waals surface area contributed by atoms with Gasteiger partial charge in [-0.05, 0) is 18.6 Å². The molecule has 88 valence electrons. The maximum Gasteiger partial charge on any atom is 0.151 e. The fourth-order valence-corrected chi connectivity index (χ4v) is 1.33. The number of oxime groups is 1. The smallest absolute Gasteiger partial charge is 0.151 e. The maximum atomic E-state index is 8.55. The van der Waals surface area contributed by atoms with E-state index in [0.717, 1.165) is 11.4 Å². The van der Waals surface area contributed by atoms with Crippen molar-refractivity contribution in [3.8, 4) is 0 Å². The molecule has 1 rings (SSSR count). The Labute approximate surface area is 94.8 Å². The van der Waals surface area contributed by atoms with Gasteiger partial charge in [0.25, 0.3) is 0 Å². The van der Waals surface area contributed by atoms with E-state index in [-0.39, 0.29) is 11.8 Å². The maximum absolute atomic E-state index is 8.55. The number of aryl methyl sites for hydroxylation is 1. The quantitative estimate of drug-likeness (QED) is 0.338. The van der Waals surface area contributed by atoms with Crippen LogP contribution in [-0.4, -0.2) is 34.8 Å². The molecule has 0 aliphatic rings. The molecule has 3 N–H and O–H groups in total. The van der Waals surface area contributed by atoms with Crippen molar-refractivity contribution in [3.05, 3.63) is 17.8 Å². The van der Waals surface area contributed by atoms with Gasteiger partial charge < -0.3 is 15.8 Å². The van der Waals surface area contributed by atoms with Gasteiger partial charge >= 0.3 is 0 Å². The first-order chi connectivity index (χ1) is 7.54. The third kappa shape index (κ3) is 3.08. The molecule has 6 nitrogen and oxygen atoms in total. The Bertz CT molecular complexity index is 379. The number of hydrogen-bond donors (Lipinski definition) is 2.